The zero-order valence-corrected chi connectivity index (χ0v) is 11.5. The minimum absolute atomic E-state index is 0.0838. The molecule has 0 aromatic heterocycles. The number of nitrogens with one attached hydrogen (secondary N) is 1. The van der Waals surface area contributed by atoms with Crippen LogP contribution >= 0.6 is 12.6 Å². The molecule has 1 aromatic carbocycles. The number of amides is 1. The topological polar surface area (TPSA) is 69.6 Å². The van der Waals surface area contributed by atoms with E-state index in [0.29, 0.717) is 29.3 Å². The van der Waals surface area contributed by atoms with E-state index in [4.69, 9.17) is 0 Å². The average Bonchev–Trinajstić information content (AvgIpc) is 3.22. The van der Waals surface area contributed by atoms with Gasteiger partial charge in [0.25, 0.3) is 5.91 Å². The third kappa shape index (κ3) is 3.96. The molecule has 0 aliphatic heterocycles. The quantitative estimate of drug-likeness (QED) is 0.594. The van der Waals surface area contributed by atoms with Gasteiger partial charge < -0.3 is 15.5 Å². The number of aliphatic hydroxyl groups excluding tert-OH is 2. The van der Waals surface area contributed by atoms with Gasteiger partial charge in [-0.2, -0.15) is 12.6 Å². The Morgan fingerprint density at radius 3 is 2.47 bits per heavy atom. The van der Waals surface area contributed by atoms with Crippen molar-refractivity contribution in [3.05, 3.63) is 35.4 Å². The highest BCUT2D eigenvalue weighted by atomic mass is 32.1. The fraction of sp³-hybridized carbons (Fsp3) is 0.500. The highest BCUT2D eigenvalue weighted by Gasteiger charge is 2.24. The molecule has 0 bridgehead atoms. The molecule has 104 valence electrons. The van der Waals surface area contributed by atoms with Crippen molar-refractivity contribution >= 4 is 18.5 Å². The molecule has 0 heterocycles. The summed E-state index contributed by atoms with van der Waals surface area (Å²) in [5.74, 6) is 0.430. The average molecular weight is 281 g/mol. The second-order valence-corrected chi connectivity index (χ2v) is 5.34. The number of hydrogen-bond acceptors (Lipinski definition) is 4. The predicted octanol–water partition coefficient (Wildman–Crippen LogP) is 1.29. The zero-order valence-electron chi connectivity index (χ0n) is 10.6. The van der Waals surface area contributed by atoms with E-state index >= 15 is 0 Å². The molecule has 5 heteroatoms. The van der Waals surface area contributed by atoms with Crippen molar-refractivity contribution < 1.29 is 15.0 Å². The molecule has 0 saturated heterocycles. The van der Waals surface area contributed by atoms with Gasteiger partial charge in [0.15, 0.2) is 0 Å². The number of thiol groups is 1. The zero-order chi connectivity index (χ0) is 13.8. The van der Waals surface area contributed by atoms with E-state index in [1.54, 1.807) is 24.3 Å². The maximum atomic E-state index is 11.8. The van der Waals surface area contributed by atoms with Crippen molar-refractivity contribution in [1.29, 1.82) is 0 Å². The van der Waals surface area contributed by atoms with Crippen molar-refractivity contribution in [2.75, 3.05) is 5.75 Å². The van der Waals surface area contributed by atoms with Crippen molar-refractivity contribution in [2.24, 2.45) is 0 Å². The second kappa shape index (κ2) is 6.41. The number of hydrogen-bond donors (Lipinski definition) is 4. The van der Waals surface area contributed by atoms with E-state index in [9.17, 15) is 15.0 Å². The Morgan fingerprint density at radius 1 is 1.32 bits per heavy atom. The number of rotatable bonds is 6. The maximum Gasteiger partial charge on any atom is 0.251 e. The predicted molar refractivity (Wildman–Crippen MR) is 76.4 cm³/mol. The van der Waals surface area contributed by atoms with Crippen LogP contribution in [0, 0.1) is 0 Å². The van der Waals surface area contributed by atoms with Gasteiger partial charge in [-0.05, 0) is 42.7 Å². The summed E-state index contributed by atoms with van der Waals surface area (Å²) >= 11 is 4.02. The van der Waals surface area contributed by atoms with E-state index in [-0.39, 0.29) is 5.91 Å². The molecule has 1 fully saturated rings. The van der Waals surface area contributed by atoms with Gasteiger partial charge in [0.1, 0.15) is 6.10 Å². The largest absolute Gasteiger partial charge is 0.390 e. The summed E-state index contributed by atoms with van der Waals surface area (Å²) in [7, 11) is 0. The maximum absolute atomic E-state index is 11.8. The smallest absolute Gasteiger partial charge is 0.251 e. The first kappa shape index (κ1) is 14.4. The Balaban J connectivity index is 1.98. The molecule has 2 atom stereocenters. The normalized spacial score (nSPS) is 17.8. The third-order valence-corrected chi connectivity index (χ3v) is 3.47. The van der Waals surface area contributed by atoms with Gasteiger partial charge in [-0.3, -0.25) is 4.79 Å². The van der Waals surface area contributed by atoms with Gasteiger partial charge in [0, 0.05) is 11.6 Å². The van der Waals surface area contributed by atoms with Crippen molar-refractivity contribution in [1.82, 2.24) is 5.32 Å². The molecular weight excluding hydrogens is 262 g/mol. The highest BCUT2D eigenvalue weighted by molar-refractivity contribution is 7.80. The molecule has 1 amide bonds. The van der Waals surface area contributed by atoms with Crippen LogP contribution < -0.4 is 5.32 Å². The number of carbonyl (C=O) groups is 1. The third-order valence-electron chi connectivity index (χ3n) is 3.22. The van der Waals surface area contributed by atoms with Crippen molar-refractivity contribution in [3.63, 3.8) is 0 Å². The molecule has 1 aromatic rings. The van der Waals surface area contributed by atoms with Crippen LogP contribution in [0.2, 0.25) is 0 Å². The second-order valence-electron chi connectivity index (χ2n) is 4.89. The number of aliphatic hydroxyl groups is 2. The lowest BCUT2D eigenvalue weighted by Gasteiger charge is -2.17. The standard InChI is InChI=1S/C14H19NO3S/c16-12(7-8-19)13(17)9-1-3-10(4-2-9)14(18)15-11-5-6-11/h1-4,11-13,16-17,19H,5-8H2,(H,15,18). The first-order valence-corrected chi connectivity index (χ1v) is 7.13. The highest BCUT2D eigenvalue weighted by Crippen LogP contribution is 2.21. The molecule has 1 aliphatic carbocycles. The van der Waals surface area contributed by atoms with E-state index in [1.807, 2.05) is 0 Å². The lowest BCUT2D eigenvalue weighted by atomic mass is 10.0. The Morgan fingerprint density at radius 2 is 1.95 bits per heavy atom. The van der Waals surface area contributed by atoms with Crippen molar-refractivity contribution in [3.8, 4) is 0 Å². The fourth-order valence-corrected chi connectivity index (χ4v) is 2.10. The van der Waals surface area contributed by atoms with Crippen LogP contribution in [-0.4, -0.2) is 34.0 Å². The van der Waals surface area contributed by atoms with E-state index in [2.05, 4.69) is 17.9 Å². The van der Waals surface area contributed by atoms with Gasteiger partial charge in [-0.15, -0.1) is 0 Å². The first-order valence-electron chi connectivity index (χ1n) is 6.49. The monoisotopic (exact) mass is 281 g/mol. The van der Waals surface area contributed by atoms with Crippen LogP contribution in [0.4, 0.5) is 0 Å². The molecule has 1 aliphatic rings. The van der Waals surface area contributed by atoms with Gasteiger partial charge in [-0.1, -0.05) is 12.1 Å². The Labute approximate surface area is 118 Å². The van der Waals surface area contributed by atoms with Crippen LogP contribution in [0.25, 0.3) is 0 Å². The molecule has 1 saturated carbocycles. The lowest BCUT2D eigenvalue weighted by Crippen LogP contribution is -2.25. The lowest BCUT2D eigenvalue weighted by molar-refractivity contribution is 0.0172. The molecule has 3 N–H and O–H groups in total. The van der Waals surface area contributed by atoms with E-state index < -0.39 is 12.2 Å². The Kier molecular flexibility index (Phi) is 4.85. The molecule has 2 unspecified atom stereocenters. The summed E-state index contributed by atoms with van der Waals surface area (Å²) in [6.45, 7) is 0. The summed E-state index contributed by atoms with van der Waals surface area (Å²) in [6, 6.07) is 7.02. The summed E-state index contributed by atoms with van der Waals surface area (Å²) in [5, 5.41) is 22.5. The first-order chi connectivity index (χ1) is 9.11. The van der Waals surface area contributed by atoms with Crippen LogP contribution in [0.3, 0.4) is 0 Å². The molecule has 2 rings (SSSR count). The van der Waals surface area contributed by atoms with Crippen LogP contribution in [-0.2, 0) is 0 Å². The summed E-state index contributed by atoms with van der Waals surface area (Å²) in [6.07, 6.45) is 0.766. The molecular formula is C14H19NO3S. The van der Waals surface area contributed by atoms with E-state index in [1.165, 1.54) is 0 Å². The number of carbonyl (C=O) groups excluding carboxylic acids is 1. The molecule has 19 heavy (non-hydrogen) atoms. The summed E-state index contributed by atoms with van der Waals surface area (Å²) in [4.78, 5) is 11.8. The molecule has 4 nitrogen and oxygen atoms in total. The van der Waals surface area contributed by atoms with Gasteiger partial charge in [0.2, 0.25) is 0 Å². The number of benzene rings is 1. The van der Waals surface area contributed by atoms with Gasteiger partial charge >= 0.3 is 0 Å². The molecule has 0 radical (unpaired) electrons. The minimum atomic E-state index is -0.937. The Hall–Kier alpha value is -1.04. The minimum Gasteiger partial charge on any atom is -0.390 e. The summed E-state index contributed by atoms with van der Waals surface area (Å²) in [5.41, 5.74) is 1.18. The Bertz CT molecular complexity index is 431. The van der Waals surface area contributed by atoms with Gasteiger partial charge in [-0.25, -0.2) is 0 Å². The van der Waals surface area contributed by atoms with Crippen molar-refractivity contribution in [2.45, 2.75) is 37.5 Å². The SMILES string of the molecule is O=C(NC1CC1)c1ccc(C(O)C(O)CCS)cc1. The van der Waals surface area contributed by atoms with Crippen LogP contribution in [0.5, 0.6) is 0 Å². The van der Waals surface area contributed by atoms with E-state index in [0.717, 1.165) is 12.8 Å². The summed E-state index contributed by atoms with van der Waals surface area (Å²) < 4.78 is 0. The fourth-order valence-electron chi connectivity index (χ4n) is 1.84. The van der Waals surface area contributed by atoms with Crippen LogP contribution in [0.15, 0.2) is 24.3 Å². The van der Waals surface area contributed by atoms with Crippen LogP contribution in [0.1, 0.15) is 41.3 Å². The molecule has 0 spiro atoms. The van der Waals surface area contributed by atoms with Gasteiger partial charge in [0.05, 0.1) is 6.10 Å².